The summed E-state index contributed by atoms with van der Waals surface area (Å²) in [6, 6.07) is 0. The summed E-state index contributed by atoms with van der Waals surface area (Å²) in [4.78, 5) is 26.1. The van der Waals surface area contributed by atoms with Gasteiger partial charge in [-0.05, 0) is 70.8 Å². The highest BCUT2D eigenvalue weighted by molar-refractivity contribution is 5.89. The highest BCUT2D eigenvalue weighted by atomic mass is 16.6. The molecule has 6 nitrogen and oxygen atoms in total. The third-order valence-electron chi connectivity index (χ3n) is 7.30. The minimum Gasteiger partial charge on any atom is -0.451 e. The SMILES string of the molecule is C=C(C)C(=O)OC1(C2(OC(=O)C(C)=C(CO)CO)CCCCCCC2)CCCCCCC1. The molecular weight excluding hydrogens is 408 g/mol. The first-order valence-corrected chi connectivity index (χ1v) is 12.3. The highest BCUT2D eigenvalue weighted by Gasteiger charge is 2.56. The van der Waals surface area contributed by atoms with E-state index in [1.807, 2.05) is 0 Å². The molecule has 0 aromatic rings. The number of carbonyl (C=O) groups excluding carboxylic acids is 2. The minimum absolute atomic E-state index is 0.226. The van der Waals surface area contributed by atoms with E-state index in [4.69, 9.17) is 9.47 Å². The summed E-state index contributed by atoms with van der Waals surface area (Å²) in [6.45, 7) is 6.20. The van der Waals surface area contributed by atoms with Gasteiger partial charge in [-0.15, -0.1) is 0 Å². The molecule has 0 unspecified atom stereocenters. The van der Waals surface area contributed by atoms with Crippen LogP contribution in [0.3, 0.4) is 0 Å². The Balaban J connectivity index is 2.55. The lowest BCUT2D eigenvalue weighted by Crippen LogP contribution is -2.60. The van der Waals surface area contributed by atoms with Crippen molar-refractivity contribution in [1.82, 2.24) is 0 Å². The van der Waals surface area contributed by atoms with Gasteiger partial charge in [0.25, 0.3) is 0 Å². The zero-order chi connectivity index (χ0) is 23.6. The van der Waals surface area contributed by atoms with Gasteiger partial charge in [0.2, 0.25) is 0 Å². The molecule has 6 heteroatoms. The predicted molar refractivity (Wildman–Crippen MR) is 124 cm³/mol. The fourth-order valence-corrected chi connectivity index (χ4v) is 5.20. The Morgan fingerprint density at radius 1 is 0.688 bits per heavy atom. The van der Waals surface area contributed by atoms with Gasteiger partial charge in [-0.25, -0.2) is 9.59 Å². The fraction of sp³-hybridized carbons (Fsp3) is 0.769. The van der Waals surface area contributed by atoms with Crippen molar-refractivity contribution < 1.29 is 29.3 Å². The molecule has 0 aliphatic heterocycles. The molecule has 2 saturated carbocycles. The van der Waals surface area contributed by atoms with E-state index in [2.05, 4.69) is 6.58 Å². The van der Waals surface area contributed by atoms with Crippen LogP contribution in [0.25, 0.3) is 0 Å². The standard InChI is InChI=1S/C26H42O6/c1-20(2)23(29)31-25(14-10-6-4-7-11-15-25)26(16-12-8-5-9-13-17-26)32-24(30)21(3)22(18-27)19-28/h27-28H,1,4-19H2,2-3H3. The number of aliphatic hydroxyl groups excluding tert-OH is 2. The van der Waals surface area contributed by atoms with Crippen molar-refractivity contribution in [1.29, 1.82) is 0 Å². The van der Waals surface area contributed by atoms with Gasteiger partial charge in [0.15, 0.2) is 11.2 Å². The molecular formula is C26H42O6. The van der Waals surface area contributed by atoms with Crippen molar-refractivity contribution in [3.05, 3.63) is 23.3 Å². The smallest absolute Gasteiger partial charge is 0.334 e. The van der Waals surface area contributed by atoms with Gasteiger partial charge in [0.1, 0.15) is 0 Å². The van der Waals surface area contributed by atoms with Gasteiger partial charge in [-0.3, -0.25) is 0 Å². The molecule has 0 bridgehead atoms. The summed E-state index contributed by atoms with van der Waals surface area (Å²) in [6.07, 6.45) is 12.8. The van der Waals surface area contributed by atoms with Crippen molar-refractivity contribution in [3.8, 4) is 0 Å². The molecule has 2 aliphatic rings. The van der Waals surface area contributed by atoms with Gasteiger partial charge in [0, 0.05) is 11.1 Å². The average Bonchev–Trinajstić information content (AvgIpc) is 2.72. The Kier molecular flexibility index (Phi) is 10.4. The van der Waals surface area contributed by atoms with E-state index in [-0.39, 0.29) is 11.1 Å². The van der Waals surface area contributed by atoms with Crippen molar-refractivity contribution in [2.45, 2.75) is 115 Å². The third kappa shape index (κ3) is 6.44. The van der Waals surface area contributed by atoms with Crippen LogP contribution >= 0.6 is 0 Å². The Hall–Kier alpha value is -1.66. The summed E-state index contributed by atoms with van der Waals surface area (Å²) in [7, 11) is 0. The molecule has 0 amide bonds. The van der Waals surface area contributed by atoms with Crippen molar-refractivity contribution in [2.24, 2.45) is 0 Å². The molecule has 0 saturated heterocycles. The molecule has 2 N–H and O–H groups in total. The first-order valence-electron chi connectivity index (χ1n) is 12.3. The quantitative estimate of drug-likeness (QED) is 0.423. The summed E-state index contributed by atoms with van der Waals surface area (Å²) in [5.41, 5.74) is -0.998. The van der Waals surface area contributed by atoms with Gasteiger partial charge >= 0.3 is 11.9 Å². The molecule has 2 aliphatic carbocycles. The number of rotatable bonds is 7. The lowest BCUT2D eigenvalue weighted by molar-refractivity contribution is -0.221. The monoisotopic (exact) mass is 450 g/mol. The highest BCUT2D eigenvalue weighted by Crippen LogP contribution is 2.48. The van der Waals surface area contributed by atoms with Crippen LogP contribution in [-0.4, -0.2) is 46.6 Å². The minimum atomic E-state index is -0.926. The Bertz CT molecular complexity index is 670. The van der Waals surface area contributed by atoms with E-state index in [0.29, 0.717) is 31.3 Å². The fourth-order valence-electron chi connectivity index (χ4n) is 5.20. The Labute approximate surface area is 193 Å². The van der Waals surface area contributed by atoms with Crippen LogP contribution in [0.15, 0.2) is 23.3 Å². The van der Waals surface area contributed by atoms with Crippen LogP contribution in [-0.2, 0) is 19.1 Å². The maximum Gasteiger partial charge on any atom is 0.334 e. The molecule has 2 fully saturated rings. The molecule has 0 radical (unpaired) electrons. The van der Waals surface area contributed by atoms with Crippen molar-refractivity contribution in [3.63, 3.8) is 0 Å². The molecule has 0 atom stereocenters. The van der Waals surface area contributed by atoms with Crippen LogP contribution in [0, 0.1) is 0 Å². The first-order chi connectivity index (χ1) is 15.3. The largest absolute Gasteiger partial charge is 0.451 e. The lowest BCUT2D eigenvalue weighted by Gasteiger charge is -2.50. The number of hydrogen-bond acceptors (Lipinski definition) is 6. The maximum absolute atomic E-state index is 13.3. The third-order valence-corrected chi connectivity index (χ3v) is 7.30. The van der Waals surface area contributed by atoms with Gasteiger partial charge in [-0.1, -0.05) is 45.1 Å². The topological polar surface area (TPSA) is 93.1 Å². The second-order valence-electron chi connectivity index (χ2n) is 9.63. The van der Waals surface area contributed by atoms with Gasteiger partial charge in [-0.2, -0.15) is 0 Å². The van der Waals surface area contributed by atoms with Crippen LogP contribution in [0.5, 0.6) is 0 Å². The second-order valence-corrected chi connectivity index (χ2v) is 9.63. The average molecular weight is 451 g/mol. The number of esters is 2. The molecule has 2 rings (SSSR count). The summed E-state index contributed by atoms with van der Waals surface area (Å²) in [5, 5.41) is 19.1. The molecule has 0 heterocycles. The van der Waals surface area contributed by atoms with Crippen LogP contribution in [0.4, 0.5) is 0 Å². The number of ether oxygens (including phenoxy) is 2. The summed E-state index contributed by atoms with van der Waals surface area (Å²) in [5.74, 6) is -0.974. The Morgan fingerprint density at radius 2 is 1.03 bits per heavy atom. The number of hydrogen-bond donors (Lipinski definition) is 2. The van der Waals surface area contributed by atoms with Crippen molar-refractivity contribution in [2.75, 3.05) is 13.2 Å². The first kappa shape index (κ1) is 26.6. The molecule has 182 valence electrons. The van der Waals surface area contributed by atoms with E-state index < -0.39 is 36.4 Å². The van der Waals surface area contributed by atoms with E-state index in [0.717, 1.165) is 64.2 Å². The van der Waals surface area contributed by atoms with Gasteiger partial charge < -0.3 is 19.7 Å². The number of carbonyl (C=O) groups is 2. The zero-order valence-corrected chi connectivity index (χ0v) is 20.0. The summed E-state index contributed by atoms with van der Waals surface area (Å²) < 4.78 is 12.6. The Morgan fingerprint density at radius 3 is 1.38 bits per heavy atom. The molecule has 0 aromatic carbocycles. The molecule has 0 spiro atoms. The van der Waals surface area contributed by atoms with E-state index >= 15 is 0 Å². The normalized spacial score (nSPS) is 21.1. The summed E-state index contributed by atoms with van der Waals surface area (Å²) >= 11 is 0. The molecule has 0 aromatic heterocycles. The van der Waals surface area contributed by atoms with Crippen LogP contribution in [0.1, 0.15) is 104 Å². The lowest BCUT2D eigenvalue weighted by atomic mass is 9.68. The second kappa shape index (κ2) is 12.5. The van der Waals surface area contributed by atoms with Crippen LogP contribution < -0.4 is 0 Å². The van der Waals surface area contributed by atoms with E-state index in [9.17, 15) is 19.8 Å². The zero-order valence-electron chi connectivity index (χ0n) is 20.0. The van der Waals surface area contributed by atoms with Gasteiger partial charge in [0.05, 0.1) is 13.2 Å². The number of aliphatic hydroxyl groups is 2. The van der Waals surface area contributed by atoms with E-state index in [1.54, 1.807) is 13.8 Å². The van der Waals surface area contributed by atoms with E-state index in [1.165, 1.54) is 0 Å². The van der Waals surface area contributed by atoms with Crippen LogP contribution in [0.2, 0.25) is 0 Å². The molecule has 32 heavy (non-hydrogen) atoms. The van der Waals surface area contributed by atoms with Crippen molar-refractivity contribution >= 4 is 11.9 Å². The predicted octanol–water partition coefficient (Wildman–Crippen LogP) is 4.92. The maximum atomic E-state index is 13.3.